The average Bonchev–Trinajstić information content (AvgIpc) is 3.11. The first kappa shape index (κ1) is 16.9. The average molecular weight is 344 g/mol. The lowest BCUT2D eigenvalue weighted by atomic mass is 9.97. The number of nitrogens with one attached hydrogen (secondary N) is 1. The zero-order valence-corrected chi connectivity index (χ0v) is 13.7. The number of amides is 3. The monoisotopic (exact) mass is 344 g/mol. The molecule has 0 unspecified atom stereocenters. The van der Waals surface area contributed by atoms with Gasteiger partial charge < -0.3 is 20.5 Å². The molecule has 0 aliphatic carbocycles. The van der Waals surface area contributed by atoms with Crippen LogP contribution < -0.4 is 11.1 Å². The highest BCUT2D eigenvalue weighted by Gasteiger charge is 2.27. The van der Waals surface area contributed by atoms with Gasteiger partial charge in [-0.2, -0.15) is 4.98 Å². The summed E-state index contributed by atoms with van der Waals surface area (Å²) in [7, 11) is 0. The highest BCUT2D eigenvalue weighted by Crippen LogP contribution is 2.16. The van der Waals surface area contributed by atoms with Gasteiger partial charge in [0, 0.05) is 44.0 Å². The summed E-state index contributed by atoms with van der Waals surface area (Å²) < 4.78 is 5.19. The minimum absolute atomic E-state index is 0.0852. The van der Waals surface area contributed by atoms with Crippen LogP contribution in [0.2, 0.25) is 0 Å². The summed E-state index contributed by atoms with van der Waals surface area (Å²) in [5.74, 6) is 0.605. The van der Waals surface area contributed by atoms with Gasteiger partial charge in [-0.15, -0.1) is 0 Å². The predicted octanol–water partition coefficient (Wildman–Crippen LogP) is 0.581. The van der Waals surface area contributed by atoms with E-state index in [1.165, 1.54) is 4.90 Å². The number of aromatic nitrogens is 3. The Kier molecular flexibility index (Phi) is 5.22. The normalized spacial score (nSPS) is 17.3. The second-order valence-electron chi connectivity index (χ2n) is 5.92. The van der Waals surface area contributed by atoms with E-state index in [9.17, 15) is 9.59 Å². The largest absolute Gasteiger partial charge is 0.355 e. The van der Waals surface area contributed by atoms with Crippen molar-refractivity contribution in [3.05, 3.63) is 30.4 Å². The highest BCUT2D eigenvalue weighted by molar-refractivity contribution is 5.80. The summed E-state index contributed by atoms with van der Waals surface area (Å²) in [6, 6.07) is 3.16. The minimum Gasteiger partial charge on any atom is -0.355 e. The third kappa shape index (κ3) is 4.31. The van der Waals surface area contributed by atoms with Gasteiger partial charge in [0.2, 0.25) is 17.6 Å². The summed E-state index contributed by atoms with van der Waals surface area (Å²) >= 11 is 0. The molecule has 25 heavy (non-hydrogen) atoms. The van der Waals surface area contributed by atoms with E-state index in [1.807, 2.05) is 6.07 Å². The molecular formula is C16H20N6O3. The van der Waals surface area contributed by atoms with E-state index in [4.69, 9.17) is 10.3 Å². The molecule has 132 valence electrons. The molecule has 0 saturated carbocycles. The predicted molar refractivity (Wildman–Crippen MR) is 88.1 cm³/mol. The lowest BCUT2D eigenvalue weighted by Gasteiger charge is -2.30. The van der Waals surface area contributed by atoms with Crippen molar-refractivity contribution in [2.24, 2.45) is 11.7 Å². The number of nitrogens with two attached hydrogens (primary N) is 1. The number of pyridine rings is 1. The van der Waals surface area contributed by atoms with E-state index in [1.54, 1.807) is 18.5 Å². The molecule has 3 heterocycles. The Morgan fingerprint density at radius 1 is 1.44 bits per heavy atom. The number of primary amides is 1. The van der Waals surface area contributed by atoms with Crippen LogP contribution in [0.4, 0.5) is 4.79 Å². The quantitative estimate of drug-likeness (QED) is 0.817. The van der Waals surface area contributed by atoms with Crippen molar-refractivity contribution in [3.8, 4) is 11.4 Å². The van der Waals surface area contributed by atoms with Crippen LogP contribution in [0.5, 0.6) is 0 Å². The standard InChI is InChI=1S/C16H20N6O3/c17-16(24)22-8-2-4-12(10-22)15(23)19-7-5-13-20-14(21-25-13)11-3-1-6-18-9-11/h1,3,6,9,12H,2,4-5,7-8,10H2,(H2,17,24)(H,19,23)/t12-/m1/s1. The molecule has 3 rings (SSSR count). The number of likely N-dealkylation sites (tertiary alicyclic amines) is 1. The summed E-state index contributed by atoms with van der Waals surface area (Å²) in [4.78, 5) is 33.2. The number of nitrogens with zero attached hydrogens (tertiary/aromatic N) is 4. The van der Waals surface area contributed by atoms with Gasteiger partial charge >= 0.3 is 6.03 Å². The van der Waals surface area contributed by atoms with Crippen molar-refractivity contribution < 1.29 is 14.1 Å². The molecule has 9 heteroatoms. The zero-order valence-electron chi connectivity index (χ0n) is 13.7. The fourth-order valence-corrected chi connectivity index (χ4v) is 2.80. The van der Waals surface area contributed by atoms with Crippen molar-refractivity contribution >= 4 is 11.9 Å². The van der Waals surface area contributed by atoms with Crippen molar-refractivity contribution in [1.82, 2.24) is 25.3 Å². The fourth-order valence-electron chi connectivity index (χ4n) is 2.80. The van der Waals surface area contributed by atoms with Gasteiger partial charge in [-0.05, 0) is 25.0 Å². The molecule has 2 aromatic rings. The minimum atomic E-state index is -0.480. The van der Waals surface area contributed by atoms with Crippen LogP contribution in [0.3, 0.4) is 0 Å². The summed E-state index contributed by atoms with van der Waals surface area (Å²) in [6.07, 6.45) is 5.29. The Morgan fingerprint density at radius 2 is 2.32 bits per heavy atom. The number of carbonyl (C=O) groups excluding carboxylic acids is 2. The Morgan fingerprint density at radius 3 is 3.08 bits per heavy atom. The third-order valence-electron chi connectivity index (χ3n) is 4.13. The molecule has 3 amide bonds. The zero-order chi connectivity index (χ0) is 17.6. The molecule has 0 bridgehead atoms. The van der Waals surface area contributed by atoms with Crippen LogP contribution in [0.25, 0.3) is 11.4 Å². The van der Waals surface area contributed by atoms with Gasteiger partial charge in [-0.3, -0.25) is 9.78 Å². The molecule has 0 spiro atoms. The second-order valence-corrected chi connectivity index (χ2v) is 5.92. The molecular weight excluding hydrogens is 324 g/mol. The van der Waals surface area contributed by atoms with E-state index >= 15 is 0 Å². The maximum absolute atomic E-state index is 12.2. The second kappa shape index (κ2) is 7.73. The molecule has 9 nitrogen and oxygen atoms in total. The Hall–Kier alpha value is -2.97. The van der Waals surface area contributed by atoms with Crippen LogP contribution >= 0.6 is 0 Å². The first-order valence-corrected chi connectivity index (χ1v) is 8.18. The smallest absolute Gasteiger partial charge is 0.314 e. The molecule has 3 N–H and O–H groups in total. The van der Waals surface area contributed by atoms with Crippen LogP contribution in [-0.4, -0.2) is 51.6 Å². The van der Waals surface area contributed by atoms with E-state index in [2.05, 4.69) is 20.4 Å². The lowest BCUT2D eigenvalue weighted by Crippen LogP contribution is -2.47. The summed E-state index contributed by atoms with van der Waals surface area (Å²) in [5.41, 5.74) is 6.05. The molecule has 0 aromatic carbocycles. The van der Waals surface area contributed by atoms with Crippen molar-refractivity contribution in [3.63, 3.8) is 0 Å². The van der Waals surface area contributed by atoms with Gasteiger partial charge in [0.1, 0.15) is 0 Å². The van der Waals surface area contributed by atoms with Gasteiger partial charge in [-0.25, -0.2) is 4.79 Å². The van der Waals surface area contributed by atoms with Crippen molar-refractivity contribution in [1.29, 1.82) is 0 Å². The number of carbonyl (C=O) groups is 2. The SMILES string of the molecule is NC(=O)N1CCC[C@@H](C(=O)NCCc2nc(-c3cccnc3)no2)C1. The van der Waals surface area contributed by atoms with Crippen molar-refractivity contribution in [2.45, 2.75) is 19.3 Å². The van der Waals surface area contributed by atoms with Gasteiger partial charge in [0.05, 0.1) is 5.92 Å². The fraction of sp³-hybridized carbons (Fsp3) is 0.438. The third-order valence-corrected chi connectivity index (χ3v) is 4.13. The maximum Gasteiger partial charge on any atom is 0.314 e. The first-order valence-electron chi connectivity index (χ1n) is 8.18. The number of rotatable bonds is 5. The summed E-state index contributed by atoms with van der Waals surface area (Å²) in [6.45, 7) is 1.37. The molecule has 1 aliphatic heterocycles. The van der Waals surface area contributed by atoms with E-state index in [0.29, 0.717) is 37.8 Å². The number of hydrogen-bond donors (Lipinski definition) is 2. The number of piperidine rings is 1. The molecule has 1 atom stereocenters. The molecule has 1 fully saturated rings. The highest BCUT2D eigenvalue weighted by atomic mass is 16.5. The first-order chi connectivity index (χ1) is 12.1. The van der Waals surface area contributed by atoms with Crippen LogP contribution in [0.15, 0.2) is 29.0 Å². The van der Waals surface area contributed by atoms with Crippen LogP contribution in [0, 0.1) is 5.92 Å². The van der Waals surface area contributed by atoms with Gasteiger partial charge in [0.15, 0.2) is 0 Å². The summed E-state index contributed by atoms with van der Waals surface area (Å²) in [5, 5.41) is 6.76. The number of hydrogen-bond acceptors (Lipinski definition) is 6. The van der Waals surface area contributed by atoms with Crippen LogP contribution in [-0.2, 0) is 11.2 Å². The Balaban J connectivity index is 1.47. The van der Waals surface area contributed by atoms with E-state index < -0.39 is 6.03 Å². The Labute approximate surface area is 144 Å². The Bertz CT molecular complexity index is 732. The molecule has 0 radical (unpaired) electrons. The maximum atomic E-state index is 12.2. The van der Waals surface area contributed by atoms with Crippen LogP contribution in [0.1, 0.15) is 18.7 Å². The van der Waals surface area contributed by atoms with E-state index in [0.717, 1.165) is 18.4 Å². The topological polar surface area (TPSA) is 127 Å². The molecule has 1 aliphatic rings. The molecule has 1 saturated heterocycles. The molecule has 2 aromatic heterocycles. The van der Waals surface area contributed by atoms with Crippen molar-refractivity contribution in [2.75, 3.05) is 19.6 Å². The number of urea groups is 1. The van der Waals surface area contributed by atoms with Gasteiger partial charge in [0.25, 0.3) is 0 Å². The van der Waals surface area contributed by atoms with E-state index in [-0.39, 0.29) is 11.8 Å². The lowest BCUT2D eigenvalue weighted by molar-refractivity contribution is -0.126. The van der Waals surface area contributed by atoms with Gasteiger partial charge in [-0.1, -0.05) is 5.16 Å².